The van der Waals surface area contributed by atoms with Crippen LogP contribution in [0.1, 0.15) is 78.1 Å². The van der Waals surface area contributed by atoms with Gasteiger partial charge in [0, 0.05) is 25.3 Å². The zero-order valence-corrected chi connectivity index (χ0v) is 37.9. The van der Waals surface area contributed by atoms with E-state index in [-0.39, 0.29) is 11.9 Å². The molecule has 0 unspecified atom stereocenters. The number of nitriles is 1. The molecule has 0 atom stereocenters. The van der Waals surface area contributed by atoms with Gasteiger partial charge in [-0.15, -0.1) is 0 Å². The Labute approximate surface area is 385 Å². The van der Waals surface area contributed by atoms with E-state index in [4.69, 9.17) is 24.2 Å². The molecule has 63 heavy (non-hydrogen) atoms. The van der Waals surface area contributed by atoms with E-state index in [1.807, 2.05) is 97.1 Å². The van der Waals surface area contributed by atoms with Crippen molar-refractivity contribution in [2.75, 3.05) is 0 Å². The summed E-state index contributed by atoms with van der Waals surface area (Å²) in [5.41, 5.74) is 11.9. The molecule has 0 fully saturated rings. The number of rotatable bonds is 10. The summed E-state index contributed by atoms with van der Waals surface area (Å²) in [4.78, 5) is 22.2. The molecular weight excluding hydrogens is 871 g/mol. The molecule has 6 aromatic rings. The molecule has 0 amide bonds. The van der Waals surface area contributed by atoms with Crippen LogP contribution in [0.2, 0.25) is 0 Å². The Morgan fingerprint density at radius 2 is 1.08 bits per heavy atom. The summed E-state index contributed by atoms with van der Waals surface area (Å²) in [5.74, 6) is 2.28. The van der Waals surface area contributed by atoms with Gasteiger partial charge >= 0.3 is 36.7 Å². The van der Waals surface area contributed by atoms with E-state index >= 15 is 0 Å². The van der Waals surface area contributed by atoms with E-state index < -0.39 is 0 Å². The number of allylic oxidation sites excluding steroid dienone is 2. The van der Waals surface area contributed by atoms with E-state index in [2.05, 4.69) is 95.3 Å². The third-order valence-electron chi connectivity index (χ3n) is 9.69. The Morgan fingerprint density at radius 3 is 1.56 bits per heavy atom. The predicted molar refractivity (Wildman–Crippen MR) is 257 cm³/mol. The number of carbonyl (C=O) groups excluding carboxylic acids is 2. The molecule has 8 rings (SSSR count). The number of fused-ring (bicyclic) bond motifs is 2. The van der Waals surface area contributed by atoms with Gasteiger partial charge in [0.15, 0.2) is 0 Å². The van der Waals surface area contributed by atoms with Crippen molar-refractivity contribution < 1.29 is 28.5 Å². The molecule has 0 saturated heterocycles. The number of carbonyl (C=O) groups is 2. The number of thiol groups is 1. The second kappa shape index (κ2) is 24.8. The summed E-state index contributed by atoms with van der Waals surface area (Å²) >= 11 is 6.95. The Hall–Kier alpha value is -6.48. The third-order valence-corrected chi connectivity index (χ3v) is 10.5. The summed E-state index contributed by atoms with van der Waals surface area (Å²) in [5, 5.41) is 7.32. The molecule has 0 bridgehead atoms. The molecule has 8 nitrogen and oxygen atoms in total. The summed E-state index contributed by atoms with van der Waals surface area (Å²) in [6, 6.07) is 50.1. The van der Waals surface area contributed by atoms with Crippen LogP contribution in [0.5, 0.6) is 23.0 Å². The number of ether oxygens (including phenoxy) is 4. The average molecular weight is 919 g/mol. The van der Waals surface area contributed by atoms with Gasteiger partial charge in [-0.2, -0.15) is 5.26 Å². The second-order valence-electron chi connectivity index (χ2n) is 14.2. The monoisotopic (exact) mass is 917 g/mol. The molecule has 0 aromatic heterocycles. The normalized spacial score (nSPS) is 12.0. The number of hydrogen-bond acceptors (Lipinski definition) is 9. The fourth-order valence-corrected chi connectivity index (χ4v) is 7.67. The molecule has 0 saturated carbocycles. The van der Waals surface area contributed by atoms with Crippen LogP contribution in [0.25, 0.3) is 11.1 Å². The van der Waals surface area contributed by atoms with Crippen LogP contribution < -0.4 is 18.9 Å². The summed E-state index contributed by atoms with van der Waals surface area (Å²) < 4.78 is 26.1. The van der Waals surface area contributed by atoms with E-state index in [1.165, 1.54) is 58.7 Å². The van der Waals surface area contributed by atoms with E-state index in [9.17, 15) is 9.59 Å². The number of esters is 2. The first-order chi connectivity index (χ1) is 30.6. The minimum atomic E-state index is -0.316. The predicted octanol–water partition coefficient (Wildman–Crippen LogP) is 12.6. The fourth-order valence-electron chi connectivity index (χ4n) is 7.03. The molecule has 0 aliphatic heterocycles. The van der Waals surface area contributed by atoms with Crippen molar-refractivity contribution in [3.63, 3.8) is 0 Å². The average Bonchev–Trinajstić information content (AvgIpc) is 3.29. The Morgan fingerprint density at radius 1 is 0.651 bits per heavy atom. The molecular formula is C52H47BBrN2O6S. The van der Waals surface area contributed by atoms with Crippen molar-refractivity contribution in [3.8, 4) is 29.1 Å². The Bertz CT molecular complexity index is 2580. The zero-order valence-electron chi connectivity index (χ0n) is 35.4. The van der Waals surface area contributed by atoms with E-state index in [0.717, 1.165) is 59.4 Å². The van der Waals surface area contributed by atoms with Gasteiger partial charge in [-0.05, 0) is 130 Å². The summed E-state index contributed by atoms with van der Waals surface area (Å²) in [6.45, 7) is 5.37. The van der Waals surface area contributed by atoms with Gasteiger partial charge in [0.1, 0.15) is 36.2 Å². The molecule has 11 heteroatoms. The van der Waals surface area contributed by atoms with Crippen molar-refractivity contribution in [3.05, 3.63) is 201 Å². The van der Waals surface area contributed by atoms with Crippen LogP contribution in [0, 0.1) is 11.3 Å². The van der Waals surface area contributed by atoms with Crippen LogP contribution in [0.3, 0.4) is 0 Å². The van der Waals surface area contributed by atoms with Crippen LogP contribution in [0.4, 0.5) is 0 Å². The number of hydrogen-bond donors (Lipinski definition) is 1. The first-order valence-electron chi connectivity index (χ1n) is 20.2. The van der Waals surface area contributed by atoms with Crippen LogP contribution >= 0.6 is 28.7 Å². The standard InChI is InChI=1S/C25H21BrO3.C25H22O3.C2H3N.BHNS/c1-17(27)29-21-10-7-19(8-11-21)25-23-13-12-22(15-20(23)9-14-24(25)26)28-16-18-5-3-2-4-6-18;1-18(26)28-22-12-10-20(11-13-22)24-9-5-8-21-16-23(14-15-25(21)24)27-17-19-6-3-2-4-7-19;2*1-2-3/h2-8,10-13,15H,9,14,16H2,1H3;2-4,6-7,9-16H,5,8,17H2,1H3;1H3;3H. The first kappa shape index (κ1) is 47.6. The molecule has 317 valence electrons. The first-order valence-corrected chi connectivity index (χ1v) is 21.4. The fraction of sp³-hybridized carbons (Fsp3) is 0.173. The van der Waals surface area contributed by atoms with Crippen molar-refractivity contribution in [2.45, 2.75) is 59.7 Å². The van der Waals surface area contributed by atoms with Gasteiger partial charge in [0.25, 0.3) is 0 Å². The number of benzene rings is 6. The molecule has 6 aromatic carbocycles. The maximum atomic E-state index is 11.1. The topological polar surface area (TPSA) is 107 Å². The second-order valence-corrected chi connectivity index (χ2v) is 15.4. The molecule has 0 heterocycles. The summed E-state index contributed by atoms with van der Waals surface area (Å²) in [6.07, 6.45) is 6.18. The van der Waals surface area contributed by atoms with Crippen molar-refractivity contribution in [1.29, 1.82) is 5.26 Å². The molecule has 0 N–H and O–H groups in total. The van der Waals surface area contributed by atoms with Gasteiger partial charge < -0.3 is 18.9 Å². The van der Waals surface area contributed by atoms with Gasteiger partial charge in [-0.25, -0.2) is 0 Å². The molecule has 1 radical (unpaired) electrons. The SMILES string of the molecule is CC#N.CC(=O)Oc1ccc(C2=C(Br)CCc3cc(OCc4ccccc4)ccc32)cc1.CC(=O)Oc1ccc(C2=CCCc3cc(OCc4ccccc4)ccc32)cc1.[B]=NS. The van der Waals surface area contributed by atoms with Crippen molar-refractivity contribution in [1.82, 2.24) is 0 Å². The quantitative estimate of drug-likeness (QED) is 0.0631. The van der Waals surface area contributed by atoms with Crippen LogP contribution in [-0.2, 0) is 35.6 Å². The van der Waals surface area contributed by atoms with E-state index in [1.54, 1.807) is 6.07 Å². The van der Waals surface area contributed by atoms with Gasteiger partial charge in [0.05, 0.1) is 6.07 Å². The number of aryl methyl sites for hydroxylation is 2. The Kier molecular flexibility index (Phi) is 18.8. The van der Waals surface area contributed by atoms with Gasteiger partial charge in [-0.1, -0.05) is 119 Å². The maximum absolute atomic E-state index is 11.1. The summed E-state index contributed by atoms with van der Waals surface area (Å²) in [7, 11) is 4.34. The minimum absolute atomic E-state index is 0.307. The Balaban J connectivity index is 0.000000211. The third kappa shape index (κ3) is 14.6. The molecule has 0 spiro atoms. The zero-order chi connectivity index (χ0) is 45.0. The van der Waals surface area contributed by atoms with Crippen molar-refractivity contribution in [2.24, 2.45) is 4.30 Å². The van der Waals surface area contributed by atoms with Gasteiger partial charge in [-0.3, -0.25) is 9.59 Å². The molecule has 2 aliphatic rings. The molecule has 2 aliphatic carbocycles. The number of halogens is 1. The van der Waals surface area contributed by atoms with Crippen molar-refractivity contribution >= 4 is 59.5 Å². The van der Waals surface area contributed by atoms with E-state index in [0.29, 0.717) is 24.7 Å². The van der Waals surface area contributed by atoms with Crippen LogP contribution in [-0.4, -0.2) is 19.6 Å². The number of nitrogens with zero attached hydrogens (tertiary/aromatic N) is 2. The van der Waals surface area contributed by atoms with Crippen LogP contribution in [0.15, 0.2) is 160 Å². The van der Waals surface area contributed by atoms with Gasteiger partial charge in [0.2, 0.25) is 0 Å².